The van der Waals surface area contributed by atoms with Gasteiger partial charge in [0.1, 0.15) is 11.4 Å². The molecule has 1 fully saturated rings. The standard InChI is InChI=1S/C19H22ClN3O6/c1-18(2,3)29-17(25)27-16(24)19(8-5-9-21-19)28-15-14(20)22-12-7-6-11(26-4)10-13(12)23-15/h6-7,10,21H,5,8-9H2,1-4H3/t19-/m1/s1. The van der Waals surface area contributed by atoms with Gasteiger partial charge in [-0.05, 0) is 45.9 Å². The number of nitrogens with zero attached hydrogens (tertiary/aromatic N) is 2. The first-order valence-electron chi connectivity index (χ1n) is 9.02. The van der Waals surface area contributed by atoms with Crippen molar-refractivity contribution in [3.8, 4) is 11.6 Å². The Morgan fingerprint density at radius 2 is 1.97 bits per heavy atom. The van der Waals surface area contributed by atoms with Crippen LogP contribution in [0.25, 0.3) is 11.0 Å². The Kier molecular flexibility index (Phi) is 5.81. The fourth-order valence-corrected chi connectivity index (χ4v) is 2.97. The van der Waals surface area contributed by atoms with Crippen molar-refractivity contribution in [1.29, 1.82) is 0 Å². The summed E-state index contributed by atoms with van der Waals surface area (Å²) in [5, 5.41) is 2.90. The maximum atomic E-state index is 12.7. The molecule has 0 radical (unpaired) electrons. The van der Waals surface area contributed by atoms with Crippen LogP contribution in [0, 0.1) is 0 Å². The summed E-state index contributed by atoms with van der Waals surface area (Å²) < 4.78 is 20.9. The molecule has 2 aromatic rings. The summed E-state index contributed by atoms with van der Waals surface area (Å²) >= 11 is 6.21. The van der Waals surface area contributed by atoms with E-state index in [4.69, 9.17) is 30.5 Å². The highest BCUT2D eigenvalue weighted by Gasteiger charge is 2.47. The van der Waals surface area contributed by atoms with Gasteiger partial charge in [-0.15, -0.1) is 0 Å². The molecule has 1 aromatic carbocycles. The fourth-order valence-electron chi connectivity index (χ4n) is 2.80. The van der Waals surface area contributed by atoms with Gasteiger partial charge in [0.25, 0.3) is 11.6 Å². The second-order valence-corrected chi connectivity index (χ2v) is 7.85. The molecule has 0 saturated carbocycles. The SMILES string of the molecule is COc1ccc2nc(Cl)c(O[C@@]3(C(=O)OC(=O)OC(C)(C)C)CCCN3)nc2c1. The van der Waals surface area contributed by atoms with Crippen molar-refractivity contribution >= 4 is 34.8 Å². The third kappa shape index (κ3) is 4.86. The lowest BCUT2D eigenvalue weighted by atomic mass is 10.1. The van der Waals surface area contributed by atoms with Crippen molar-refractivity contribution < 1.29 is 28.5 Å². The van der Waals surface area contributed by atoms with Gasteiger partial charge < -0.3 is 18.9 Å². The number of benzene rings is 1. The predicted octanol–water partition coefficient (Wildman–Crippen LogP) is 3.23. The second-order valence-electron chi connectivity index (χ2n) is 7.49. The van der Waals surface area contributed by atoms with Gasteiger partial charge in [0, 0.05) is 12.5 Å². The van der Waals surface area contributed by atoms with E-state index in [0.29, 0.717) is 29.7 Å². The maximum Gasteiger partial charge on any atom is 0.516 e. The van der Waals surface area contributed by atoms with Crippen molar-refractivity contribution in [2.45, 2.75) is 44.9 Å². The van der Waals surface area contributed by atoms with Crippen molar-refractivity contribution in [3.05, 3.63) is 23.4 Å². The second kappa shape index (κ2) is 8.00. The van der Waals surface area contributed by atoms with Crippen LogP contribution in [0.1, 0.15) is 33.6 Å². The molecule has 156 valence electrons. The molecule has 0 amide bonds. The molecule has 9 nitrogen and oxygen atoms in total. The zero-order valence-corrected chi connectivity index (χ0v) is 17.3. The smallest absolute Gasteiger partial charge is 0.497 e. The Morgan fingerprint density at radius 3 is 2.59 bits per heavy atom. The van der Waals surface area contributed by atoms with Crippen molar-refractivity contribution in [2.24, 2.45) is 0 Å². The van der Waals surface area contributed by atoms with Crippen LogP contribution < -0.4 is 14.8 Å². The van der Waals surface area contributed by atoms with E-state index >= 15 is 0 Å². The van der Waals surface area contributed by atoms with Crippen LogP contribution in [0.3, 0.4) is 0 Å². The zero-order chi connectivity index (χ0) is 21.2. The van der Waals surface area contributed by atoms with E-state index in [2.05, 4.69) is 15.3 Å². The summed E-state index contributed by atoms with van der Waals surface area (Å²) in [6, 6.07) is 5.10. The molecule has 1 aliphatic heterocycles. The Morgan fingerprint density at radius 1 is 1.21 bits per heavy atom. The maximum absolute atomic E-state index is 12.7. The van der Waals surface area contributed by atoms with E-state index in [9.17, 15) is 9.59 Å². The van der Waals surface area contributed by atoms with E-state index in [-0.39, 0.29) is 17.5 Å². The molecular weight excluding hydrogens is 402 g/mol. The minimum Gasteiger partial charge on any atom is -0.497 e. The van der Waals surface area contributed by atoms with Crippen LogP contribution in [0.4, 0.5) is 4.79 Å². The first kappa shape index (κ1) is 21.1. The van der Waals surface area contributed by atoms with Gasteiger partial charge in [-0.3, -0.25) is 5.32 Å². The van der Waals surface area contributed by atoms with Crippen molar-refractivity contribution in [3.63, 3.8) is 0 Å². The topological polar surface area (TPSA) is 109 Å². The Balaban J connectivity index is 1.87. The van der Waals surface area contributed by atoms with E-state index in [1.807, 2.05) is 0 Å². The number of aromatic nitrogens is 2. The molecule has 0 spiro atoms. The predicted molar refractivity (Wildman–Crippen MR) is 104 cm³/mol. The minimum atomic E-state index is -1.62. The van der Waals surface area contributed by atoms with E-state index in [1.165, 1.54) is 7.11 Å². The van der Waals surface area contributed by atoms with Gasteiger partial charge in [0.2, 0.25) is 0 Å². The van der Waals surface area contributed by atoms with Gasteiger partial charge in [0.05, 0.1) is 18.1 Å². The Labute approximate surface area is 172 Å². The van der Waals surface area contributed by atoms with Crippen LogP contribution in [0.5, 0.6) is 11.6 Å². The Hall–Kier alpha value is -2.65. The molecule has 1 N–H and O–H groups in total. The third-order valence-corrected chi connectivity index (χ3v) is 4.33. The molecule has 0 unspecified atom stereocenters. The van der Waals surface area contributed by atoms with Crippen LogP contribution in [-0.4, -0.2) is 47.1 Å². The average Bonchev–Trinajstić information content (AvgIpc) is 3.10. The first-order valence-corrected chi connectivity index (χ1v) is 9.40. The van der Waals surface area contributed by atoms with E-state index < -0.39 is 23.5 Å². The lowest BCUT2D eigenvalue weighted by Crippen LogP contribution is -2.54. The zero-order valence-electron chi connectivity index (χ0n) is 16.6. The van der Waals surface area contributed by atoms with Crippen molar-refractivity contribution in [2.75, 3.05) is 13.7 Å². The molecular formula is C19H22ClN3O6. The molecule has 2 heterocycles. The van der Waals surface area contributed by atoms with Gasteiger partial charge >= 0.3 is 12.1 Å². The van der Waals surface area contributed by atoms with Crippen molar-refractivity contribution in [1.82, 2.24) is 15.3 Å². The third-order valence-electron chi connectivity index (χ3n) is 4.08. The van der Waals surface area contributed by atoms with Gasteiger partial charge in [-0.2, -0.15) is 0 Å². The summed E-state index contributed by atoms with van der Waals surface area (Å²) in [6.45, 7) is 5.47. The number of rotatable bonds is 4. The molecule has 0 bridgehead atoms. The normalized spacial score (nSPS) is 19.1. The number of fused-ring (bicyclic) bond motifs is 1. The highest BCUT2D eigenvalue weighted by atomic mass is 35.5. The summed E-state index contributed by atoms with van der Waals surface area (Å²) in [6.07, 6.45) is -0.238. The molecule has 1 aromatic heterocycles. The largest absolute Gasteiger partial charge is 0.516 e. The summed E-state index contributed by atoms with van der Waals surface area (Å²) in [7, 11) is 1.53. The van der Waals surface area contributed by atoms with Gasteiger partial charge in [0.15, 0.2) is 5.15 Å². The Bertz CT molecular complexity index is 937. The lowest BCUT2D eigenvalue weighted by Gasteiger charge is -2.27. The number of nitrogens with one attached hydrogen (secondary N) is 1. The highest BCUT2D eigenvalue weighted by molar-refractivity contribution is 6.31. The summed E-state index contributed by atoms with van der Waals surface area (Å²) in [5.41, 5.74) is -1.42. The van der Waals surface area contributed by atoms with Gasteiger partial charge in [-0.1, -0.05) is 11.6 Å². The summed E-state index contributed by atoms with van der Waals surface area (Å²) in [4.78, 5) is 33.2. The quantitative estimate of drug-likeness (QED) is 0.585. The minimum absolute atomic E-state index is 0.0270. The number of halogens is 1. The molecule has 1 atom stereocenters. The molecule has 1 saturated heterocycles. The number of ether oxygens (including phenoxy) is 4. The highest BCUT2D eigenvalue weighted by Crippen LogP contribution is 2.31. The van der Waals surface area contributed by atoms with Gasteiger partial charge in [-0.25, -0.2) is 19.6 Å². The number of methoxy groups -OCH3 is 1. The number of hydrogen-bond donors (Lipinski definition) is 1. The van der Waals surface area contributed by atoms with Crippen LogP contribution >= 0.6 is 11.6 Å². The number of hydrogen-bond acceptors (Lipinski definition) is 9. The number of carbonyl (C=O) groups is 2. The van der Waals surface area contributed by atoms with Crippen LogP contribution in [0.15, 0.2) is 18.2 Å². The number of esters is 1. The fraction of sp³-hybridized carbons (Fsp3) is 0.474. The molecule has 0 aliphatic carbocycles. The van der Waals surface area contributed by atoms with E-state index in [0.717, 1.165) is 0 Å². The summed E-state index contributed by atoms with van der Waals surface area (Å²) in [5.74, 6) is -0.422. The average molecular weight is 424 g/mol. The van der Waals surface area contributed by atoms with E-state index in [1.54, 1.807) is 39.0 Å². The molecule has 29 heavy (non-hydrogen) atoms. The lowest BCUT2D eigenvalue weighted by molar-refractivity contribution is -0.161. The van der Waals surface area contributed by atoms with Crippen LogP contribution in [-0.2, 0) is 14.3 Å². The van der Waals surface area contributed by atoms with Crippen LogP contribution in [0.2, 0.25) is 5.15 Å². The first-order chi connectivity index (χ1) is 13.6. The molecule has 1 aliphatic rings. The molecule has 3 rings (SSSR count). The monoisotopic (exact) mass is 423 g/mol. The number of carbonyl (C=O) groups excluding carboxylic acids is 2. The molecule has 10 heteroatoms.